The Morgan fingerprint density at radius 3 is 2.65 bits per heavy atom. The third-order valence-corrected chi connectivity index (χ3v) is 5.37. The number of carbonyl (C=O) groups is 1. The minimum atomic E-state index is -0.378. The smallest absolute Gasteiger partial charge is 0.292 e. The molecule has 31 heavy (non-hydrogen) atoms. The number of ether oxygens (including phenoxy) is 1. The summed E-state index contributed by atoms with van der Waals surface area (Å²) in [7, 11) is 1.58. The summed E-state index contributed by atoms with van der Waals surface area (Å²) < 4.78 is 5.33. The Morgan fingerprint density at radius 2 is 1.90 bits per heavy atom. The van der Waals surface area contributed by atoms with E-state index in [4.69, 9.17) is 4.74 Å². The number of nitrogens with one attached hydrogen (secondary N) is 2. The lowest BCUT2D eigenvalue weighted by Crippen LogP contribution is -2.38. The van der Waals surface area contributed by atoms with Gasteiger partial charge in [0.15, 0.2) is 5.82 Å². The van der Waals surface area contributed by atoms with Crippen molar-refractivity contribution in [1.29, 1.82) is 0 Å². The van der Waals surface area contributed by atoms with Gasteiger partial charge in [0.25, 0.3) is 5.69 Å². The largest absolute Gasteiger partial charge is 0.496 e. The monoisotopic (exact) mass is 422 g/mol. The molecule has 1 aromatic heterocycles. The number of hydrogen-bond acceptors (Lipinski definition) is 7. The first kappa shape index (κ1) is 20.3. The molecular formula is C21H22N6O4. The van der Waals surface area contributed by atoms with Crippen molar-refractivity contribution >= 4 is 23.2 Å². The highest BCUT2D eigenvalue weighted by atomic mass is 16.6. The van der Waals surface area contributed by atoms with Crippen LogP contribution in [0.2, 0.25) is 0 Å². The second kappa shape index (κ2) is 8.82. The van der Waals surface area contributed by atoms with Gasteiger partial charge in [0, 0.05) is 25.1 Å². The minimum Gasteiger partial charge on any atom is -0.496 e. The topological polar surface area (TPSA) is 126 Å². The molecule has 2 N–H and O–H groups in total. The van der Waals surface area contributed by atoms with E-state index >= 15 is 0 Å². The second-order valence-electron chi connectivity index (χ2n) is 7.20. The van der Waals surface area contributed by atoms with Crippen LogP contribution in [0.25, 0.3) is 11.4 Å². The first-order valence-electron chi connectivity index (χ1n) is 9.92. The average Bonchev–Trinajstić information content (AvgIpc) is 3.27. The normalized spacial score (nSPS) is 14.3. The number of aromatic amines is 1. The fourth-order valence-electron chi connectivity index (χ4n) is 3.76. The van der Waals surface area contributed by atoms with Crippen molar-refractivity contribution in [2.75, 3.05) is 30.4 Å². The van der Waals surface area contributed by atoms with E-state index in [1.807, 2.05) is 29.2 Å². The van der Waals surface area contributed by atoms with Crippen molar-refractivity contribution in [2.45, 2.75) is 12.8 Å². The van der Waals surface area contributed by atoms with Crippen molar-refractivity contribution in [1.82, 2.24) is 15.2 Å². The summed E-state index contributed by atoms with van der Waals surface area (Å²) in [5.41, 5.74) is 1.41. The first-order chi connectivity index (χ1) is 15.1. The lowest BCUT2D eigenvalue weighted by molar-refractivity contribution is -0.384. The van der Waals surface area contributed by atoms with Crippen LogP contribution >= 0.6 is 0 Å². The summed E-state index contributed by atoms with van der Waals surface area (Å²) >= 11 is 0. The Labute approximate surface area is 178 Å². The molecule has 0 spiro atoms. The predicted molar refractivity (Wildman–Crippen MR) is 115 cm³/mol. The van der Waals surface area contributed by atoms with Crippen LogP contribution in [0.1, 0.15) is 12.8 Å². The maximum absolute atomic E-state index is 12.7. The molecule has 160 valence electrons. The molecule has 2 heterocycles. The zero-order chi connectivity index (χ0) is 21.8. The Morgan fingerprint density at radius 1 is 1.19 bits per heavy atom. The van der Waals surface area contributed by atoms with E-state index in [0.29, 0.717) is 43.2 Å². The Balaban J connectivity index is 1.38. The molecule has 0 radical (unpaired) electrons. The van der Waals surface area contributed by atoms with Crippen molar-refractivity contribution in [3.63, 3.8) is 0 Å². The molecule has 10 nitrogen and oxygen atoms in total. The molecule has 0 saturated carbocycles. The molecule has 0 aliphatic carbocycles. The first-order valence-corrected chi connectivity index (χ1v) is 9.92. The van der Waals surface area contributed by atoms with E-state index in [9.17, 15) is 14.9 Å². The Hall–Kier alpha value is -3.95. The van der Waals surface area contributed by atoms with Crippen molar-refractivity contribution in [3.8, 4) is 17.1 Å². The van der Waals surface area contributed by atoms with E-state index in [1.54, 1.807) is 25.3 Å². The molecule has 0 unspecified atom stereocenters. The molecule has 10 heteroatoms. The highest BCUT2D eigenvalue weighted by Crippen LogP contribution is 2.31. The zero-order valence-electron chi connectivity index (χ0n) is 16.9. The number of aromatic nitrogens is 3. The molecule has 4 rings (SSSR count). The van der Waals surface area contributed by atoms with E-state index in [0.717, 1.165) is 5.56 Å². The number of rotatable bonds is 6. The number of methoxy groups -OCH3 is 1. The number of amides is 1. The van der Waals surface area contributed by atoms with E-state index in [1.165, 1.54) is 6.07 Å². The maximum atomic E-state index is 12.7. The number of nitro benzene ring substituents is 1. The summed E-state index contributed by atoms with van der Waals surface area (Å²) in [6.45, 7) is 1.12. The van der Waals surface area contributed by atoms with E-state index < -0.39 is 0 Å². The average molecular weight is 422 g/mol. The highest BCUT2D eigenvalue weighted by Gasteiger charge is 2.28. The number of para-hydroxylation sites is 3. The minimum absolute atomic E-state index is 0.0787. The zero-order valence-corrected chi connectivity index (χ0v) is 16.9. The molecule has 1 aliphatic rings. The molecule has 0 atom stereocenters. The van der Waals surface area contributed by atoms with Gasteiger partial charge >= 0.3 is 0 Å². The van der Waals surface area contributed by atoms with Gasteiger partial charge in [0.2, 0.25) is 11.9 Å². The third-order valence-electron chi connectivity index (χ3n) is 5.37. The molecular weight excluding hydrogens is 400 g/mol. The number of nitrogens with zero attached hydrogens (tertiary/aromatic N) is 4. The second-order valence-corrected chi connectivity index (χ2v) is 7.20. The molecule has 1 saturated heterocycles. The van der Waals surface area contributed by atoms with Gasteiger partial charge in [-0.25, -0.2) is 0 Å². The van der Waals surface area contributed by atoms with Crippen LogP contribution in [0.15, 0.2) is 48.5 Å². The summed E-state index contributed by atoms with van der Waals surface area (Å²) in [6.07, 6.45) is 1.17. The summed E-state index contributed by atoms with van der Waals surface area (Å²) in [5.74, 6) is 0.977. The van der Waals surface area contributed by atoms with Crippen LogP contribution in [-0.2, 0) is 4.79 Å². The number of benzene rings is 2. The maximum Gasteiger partial charge on any atom is 0.292 e. The van der Waals surface area contributed by atoms with Crippen LogP contribution in [-0.4, -0.2) is 46.2 Å². The van der Waals surface area contributed by atoms with E-state index in [-0.39, 0.29) is 28.4 Å². The lowest BCUT2D eigenvalue weighted by Gasteiger charge is -2.32. The number of piperidine rings is 1. The van der Waals surface area contributed by atoms with Gasteiger partial charge in [0.1, 0.15) is 11.4 Å². The number of H-pyrrole nitrogens is 1. The van der Waals surface area contributed by atoms with Crippen LogP contribution < -0.4 is 15.0 Å². The van der Waals surface area contributed by atoms with Crippen LogP contribution in [0.4, 0.5) is 17.3 Å². The Bertz CT molecular complexity index is 1090. The fourth-order valence-corrected chi connectivity index (χ4v) is 3.76. The van der Waals surface area contributed by atoms with Crippen molar-refractivity contribution in [3.05, 3.63) is 58.6 Å². The lowest BCUT2D eigenvalue weighted by atomic mass is 9.95. The summed E-state index contributed by atoms with van der Waals surface area (Å²) in [6, 6.07) is 14.1. The number of nitro groups is 1. The highest BCUT2D eigenvalue weighted by molar-refractivity contribution is 5.91. The molecule has 1 amide bonds. The van der Waals surface area contributed by atoms with Gasteiger partial charge in [0.05, 0.1) is 17.6 Å². The number of anilines is 2. The summed E-state index contributed by atoms with van der Waals surface area (Å²) in [4.78, 5) is 29.9. The Kier molecular flexibility index (Phi) is 5.78. The molecule has 0 bridgehead atoms. The summed E-state index contributed by atoms with van der Waals surface area (Å²) in [5, 5.41) is 20.9. The molecule has 1 aliphatic heterocycles. The standard InChI is InChI=1S/C21H22N6O4/c1-31-18-9-5-2-6-15(18)19-22-21(25-24-19)23-20(28)14-10-12-26(13-11-14)16-7-3-4-8-17(16)27(29)30/h2-9,14H,10-13H2,1H3,(H2,22,23,24,25,28). The SMILES string of the molecule is COc1ccccc1-c1nc(NC(=O)C2CCN(c3ccccc3[N+](=O)[O-])CC2)n[nH]1. The molecule has 1 fully saturated rings. The van der Waals surface area contributed by atoms with Gasteiger partial charge < -0.3 is 9.64 Å². The fraction of sp³-hybridized carbons (Fsp3) is 0.286. The third kappa shape index (κ3) is 4.32. The van der Waals surface area contributed by atoms with Crippen molar-refractivity contribution in [2.24, 2.45) is 5.92 Å². The van der Waals surface area contributed by atoms with E-state index in [2.05, 4.69) is 20.5 Å². The number of hydrogen-bond donors (Lipinski definition) is 2. The molecule has 2 aromatic carbocycles. The van der Waals surface area contributed by atoms with Gasteiger partial charge in [-0.15, -0.1) is 5.10 Å². The quantitative estimate of drug-likeness (QED) is 0.461. The van der Waals surface area contributed by atoms with Gasteiger partial charge in [-0.2, -0.15) is 4.98 Å². The van der Waals surface area contributed by atoms with Gasteiger partial charge in [-0.3, -0.25) is 25.3 Å². The van der Waals surface area contributed by atoms with Gasteiger partial charge in [-0.05, 0) is 31.0 Å². The van der Waals surface area contributed by atoms with Crippen LogP contribution in [0.3, 0.4) is 0 Å². The predicted octanol–water partition coefficient (Wildman–Crippen LogP) is 3.24. The number of carbonyl (C=O) groups excluding carboxylic acids is 1. The van der Waals surface area contributed by atoms with Crippen LogP contribution in [0, 0.1) is 16.0 Å². The van der Waals surface area contributed by atoms with Crippen LogP contribution in [0.5, 0.6) is 5.75 Å². The van der Waals surface area contributed by atoms with Crippen molar-refractivity contribution < 1.29 is 14.5 Å². The molecule has 3 aromatic rings. The van der Waals surface area contributed by atoms with Gasteiger partial charge in [-0.1, -0.05) is 24.3 Å².